The molecular weight excluding hydrogens is 382 g/mol. The summed E-state index contributed by atoms with van der Waals surface area (Å²) in [5.41, 5.74) is 3.06. The van der Waals surface area contributed by atoms with Gasteiger partial charge in [0, 0.05) is 29.4 Å². The number of fused-ring (bicyclic) bond motifs is 1. The zero-order valence-corrected chi connectivity index (χ0v) is 17.4. The van der Waals surface area contributed by atoms with Gasteiger partial charge in [0.25, 0.3) is 0 Å². The molecular formula is C23H28ClN5. The number of rotatable bonds is 4. The van der Waals surface area contributed by atoms with Crippen LogP contribution in [0.25, 0.3) is 22.2 Å². The Bertz CT molecular complexity index is 970. The number of pyridine rings is 2. The fraction of sp³-hybridized carbons (Fsp3) is 0.478. The summed E-state index contributed by atoms with van der Waals surface area (Å²) in [6, 6.07) is 8.55. The first-order valence-corrected chi connectivity index (χ1v) is 11.2. The number of hydrogen-bond acceptors (Lipinski definition) is 4. The highest BCUT2D eigenvalue weighted by molar-refractivity contribution is 6.29. The van der Waals surface area contributed by atoms with Gasteiger partial charge in [-0.2, -0.15) is 0 Å². The van der Waals surface area contributed by atoms with Crippen molar-refractivity contribution in [2.24, 2.45) is 11.8 Å². The van der Waals surface area contributed by atoms with Crippen LogP contribution in [0.15, 0.2) is 36.7 Å². The minimum Gasteiger partial charge on any atom is -0.367 e. The topological polar surface area (TPSA) is 65.6 Å². The molecule has 0 amide bonds. The van der Waals surface area contributed by atoms with Gasteiger partial charge in [0.1, 0.15) is 16.6 Å². The fourth-order valence-corrected chi connectivity index (χ4v) is 5.35. The molecule has 2 aliphatic rings. The van der Waals surface area contributed by atoms with Crippen molar-refractivity contribution in [1.82, 2.24) is 20.3 Å². The molecule has 1 atom stereocenters. The van der Waals surface area contributed by atoms with Gasteiger partial charge in [0.15, 0.2) is 0 Å². The van der Waals surface area contributed by atoms with E-state index in [4.69, 9.17) is 11.6 Å². The van der Waals surface area contributed by atoms with Crippen molar-refractivity contribution in [2.45, 2.75) is 44.6 Å². The van der Waals surface area contributed by atoms with Gasteiger partial charge in [-0.25, -0.2) is 9.97 Å². The maximum atomic E-state index is 6.38. The molecule has 1 aliphatic carbocycles. The molecule has 0 spiro atoms. The number of piperidine rings is 1. The summed E-state index contributed by atoms with van der Waals surface area (Å²) in [5, 5.41) is 8.85. The van der Waals surface area contributed by atoms with Crippen molar-refractivity contribution in [3.05, 3.63) is 41.8 Å². The highest BCUT2D eigenvalue weighted by atomic mass is 35.5. The van der Waals surface area contributed by atoms with E-state index in [9.17, 15) is 0 Å². The minimum absolute atomic E-state index is 0.478. The second-order valence-electron chi connectivity index (χ2n) is 8.53. The Hall–Kier alpha value is -2.11. The van der Waals surface area contributed by atoms with Gasteiger partial charge in [-0.3, -0.25) is 0 Å². The van der Waals surface area contributed by atoms with Gasteiger partial charge in [-0.05, 0) is 93.3 Å². The van der Waals surface area contributed by atoms with Crippen LogP contribution < -0.4 is 10.6 Å². The normalized spacial score (nSPS) is 25.2. The summed E-state index contributed by atoms with van der Waals surface area (Å²) in [5.74, 6) is 2.62. The Labute approximate surface area is 176 Å². The zero-order valence-electron chi connectivity index (χ0n) is 16.6. The number of H-pyrrole nitrogens is 1. The van der Waals surface area contributed by atoms with E-state index in [0.29, 0.717) is 11.2 Å². The predicted octanol–water partition coefficient (Wildman–Crippen LogP) is 5.25. The summed E-state index contributed by atoms with van der Waals surface area (Å²) in [6.07, 6.45) is 11.6. The van der Waals surface area contributed by atoms with Crippen LogP contribution >= 0.6 is 11.6 Å². The van der Waals surface area contributed by atoms with E-state index in [1.807, 2.05) is 18.3 Å². The van der Waals surface area contributed by atoms with Crippen LogP contribution in [-0.2, 0) is 0 Å². The van der Waals surface area contributed by atoms with E-state index < -0.39 is 0 Å². The minimum atomic E-state index is 0.478. The molecule has 2 fully saturated rings. The monoisotopic (exact) mass is 409 g/mol. The van der Waals surface area contributed by atoms with Crippen LogP contribution in [-0.4, -0.2) is 34.1 Å². The highest BCUT2D eigenvalue weighted by Crippen LogP contribution is 2.35. The molecule has 6 heteroatoms. The molecule has 5 nitrogen and oxygen atoms in total. The highest BCUT2D eigenvalue weighted by Gasteiger charge is 2.28. The SMILES string of the molecule is Clc1cc(-c2c[nH]c3ncccc23)cc(NC2CCC(C3CCCNC3)CC2)n1. The molecule has 0 radical (unpaired) electrons. The smallest absolute Gasteiger partial charge is 0.137 e. The summed E-state index contributed by atoms with van der Waals surface area (Å²) >= 11 is 6.38. The molecule has 1 saturated heterocycles. The summed E-state index contributed by atoms with van der Waals surface area (Å²) < 4.78 is 0. The molecule has 1 aliphatic heterocycles. The van der Waals surface area contributed by atoms with E-state index in [1.54, 1.807) is 6.20 Å². The predicted molar refractivity (Wildman–Crippen MR) is 119 cm³/mol. The standard InChI is InChI=1S/C23H28ClN5/c24-21-11-17(20-14-27-23-19(20)4-2-10-26-23)12-22(29-21)28-18-7-5-15(6-8-18)16-3-1-9-25-13-16/h2,4,10-12,14-16,18,25H,1,3,5-9,13H2,(H,26,27)(H,28,29). The lowest BCUT2D eigenvalue weighted by Gasteiger charge is -2.36. The largest absolute Gasteiger partial charge is 0.367 e. The van der Waals surface area contributed by atoms with Gasteiger partial charge in [0.2, 0.25) is 0 Å². The lowest BCUT2D eigenvalue weighted by molar-refractivity contribution is 0.201. The van der Waals surface area contributed by atoms with Crippen molar-refractivity contribution in [3.63, 3.8) is 0 Å². The van der Waals surface area contributed by atoms with E-state index in [-0.39, 0.29) is 0 Å². The number of hydrogen-bond donors (Lipinski definition) is 3. The molecule has 4 heterocycles. The Kier molecular flexibility index (Phi) is 5.42. The summed E-state index contributed by atoms with van der Waals surface area (Å²) in [6.45, 7) is 2.41. The average molecular weight is 410 g/mol. The lowest BCUT2D eigenvalue weighted by atomic mass is 9.75. The molecule has 0 bridgehead atoms. The van der Waals surface area contributed by atoms with Gasteiger partial charge in [0.05, 0.1) is 0 Å². The molecule has 5 rings (SSSR count). The maximum Gasteiger partial charge on any atom is 0.137 e. The lowest BCUT2D eigenvalue weighted by Crippen LogP contribution is -2.37. The van der Waals surface area contributed by atoms with Crippen LogP contribution in [0.2, 0.25) is 5.15 Å². The van der Waals surface area contributed by atoms with Crippen LogP contribution in [0.4, 0.5) is 5.82 Å². The molecule has 1 saturated carbocycles. The van der Waals surface area contributed by atoms with Gasteiger partial charge >= 0.3 is 0 Å². The second-order valence-corrected chi connectivity index (χ2v) is 8.92. The molecule has 1 unspecified atom stereocenters. The van der Waals surface area contributed by atoms with Gasteiger partial charge in [-0.15, -0.1) is 0 Å². The first-order chi connectivity index (χ1) is 14.3. The summed E-state index contributed by atoms with van der Waals surface area (Å²) in [4.78, 5) is 12.2. The van der Waals surface area contributed by atoms with Crippen LogP contribution in [0.1, 0.15) is 38.5 Å². The number of halogens is 1. The van der Waals surface area contributed by atoms with E-state index in [1.165, 1.54) is 51.6 Å². The van der Waals surface area contributed by atoms with Crippen molar-refractivity contribution in [2.75, 3.05) is 18.4 Å². The van der Waals surface area contributed by atoms with Crippen LogP contribution in [0.5, 0.6) is 0 Å². The first-order valence-electron chi connectivity index (χ1n) is 10.8. The van der Waals surface area contributed by atoms with Crippen molar-refractivity contribution in [3.8, 4) is 11.1 Å². The molecule has 3 aromatic rings. The van der Waals surface area contributed by atoms with E-state index >= 15 is 0 Å². The second kappa shape index (κ2) is 8.33. The van der Waals surface area contributed by atoms with E-state index in [0.717, 1.165) is 39.8 Å². The number of aromatic nitrogens is 3. The van der Waals surface area contributed by atoms with Gasteiger partial charge < -0.3 is 15.6 Å². The Balaban J connectivity index is 1.29. The Morgan fingerprint density at radius 1 is 1.07 bits per heavy atom. The van der Waals surface area contributed by atoms with Crippen molar-refractivity contribution < 1.29 is 0 Å². The van der Waals surface area contributed by atoms with Crippen molar-refractivity contribution in [1.29, 1.82) is 0 Å². The number of aromatic amines is 1. The third kappa shape index (κ3) is 4.12. The molecule has 29 heavy (non-hydrogen) atoms. The Morgan fingerprint density at radius 3 is 2.79 bits per heavy atom. The quantitative estimate of drug-likeness (QED) is 0.515. The maximum absolute atomic E-state index is 6.38. The molecule has 3 aromatic heterocycles. The Morgan fingerprint density at radius 2 is 1.97 bits per heavy atom. The molecule has 3 N–H and O–H groups in total. The number of nitrogens with one attached hydrogen (secondary N) is 3. The first kappa shape index (κ1) is 18.9. The third-order valence-corrected chi connectivity index (χ3v) is 6.88. The molecule has 0 aromatic carbocycles. The fourth-order valence-electron chi connectivity index (χ4n) is 5.15. The van der Waals surface area contributed by atoms with Crippen LogP contribution in [0.3, 0.4) is 0 Å². The van der Waals surface area contributed by atoms with E-state index in [2.05, 4.69) is 37.7 Å². The zero-order chi connectivity index (χ0) is 19.6. The van der Waals surface area contributed by atoms with Crippen molar-refractivity contribution >= 4 is 28.5 Å². The van der Waals surface area contributed by atoms with Gasteiger partial charge in [-0.1, -0.05) is 11.6 Å². The number of anilines is 1. The summed E-state index contributed by atoms with van der Waals surface area (Å²) in [7, 11) is 0. The molecule has 152 valence electrons. The number of nitrogens with zero attached hydrogens (tertiary/aromatic N) is 2. The average Bonchev–Trinajstić information content (AvgIpc) is 3.19. The van der Waals surface area contributed by atoms with Crippen LogP contribution in [0, 0.1) is 11.8 Å². The third-order valence-electron chi connectivity index (χ3n) is 6.68.